The first-order chi connectivity index (χ1) is 12.0. The monoisotopic (exact) mass is 375 g/mol. The normalized spacial score (nSPS) is 10.0. The first kappa shape index (κ1) is 18.9. The number of thiocarbonyl (C=S) groups is 1. The van der Waals surface area contributed by atoms with Crippen LogP contribution in [0.4, 0.5) is 11.4 Å². The average molecular weight is 376 g/mol. The molecule has 0 aliphatic heterocycles. The molecule has 0 atom stereocenters. The number of rotatable bonds is 5. The summed E-state index contributed by atoms with van der Waals surface area (Å²) < 4.78 is 0. The van der Waals surface area contributed by atoms with Crippen molar-refractivity contribution in [1.82, 2.24) is 5.32 Å². The minimum Gasteiger partial charge on any atom is -0.331 e. The van der Waals surface area contributed by atoms with E-state index in [0.29, 0.717) is 28.4 Å². The number of benzene rings is 2. The van der Waals surface area contributed by atoms with E-state index < -0.39 is 0 Å². The lowest BCUT2D eigenvalue weighted by molar-refractivity contribution is -0.116. The minimum absolute atomic E-state index is 0.0734. The van der Waals surface area contributed by atoms with E-state index >= 15 is 0 Å². The molecule has 2 aromatic carbocycles. The summed E-state index contributed by atoms with van der Waals surface area (Å²) in [6.07, 6.45) is 1.21. The molecule has 0 unspecified atom stereocenters. The first-order valence-corrected chi connectivity index (χ1v) is 8.55. The second kappa shape index (κ2) is 9.15. The van der Waals surface area contributed by atoms with Crippen LogP contribution >= 0.6 is 23.8 Å². The van der Waals surface area contributed by atoms with E-state index in [0.717, 1.165) is 6.42 Å². The van der Waals surface area contributed by atoms with Crippen molar-refractivity contribution >= 4 is 52.1 Å². The van der Waals surface area contributed by atoms with Crippen molar-refractivity contribution in [3.8, 4) is 0 Å². The minimum atomic E-state index is -0.318. The Balaban J connectivity index is 2.02. The summed E-state index contributed by atoms with van der Waals surface area (Å²) in [5.74, 6) is -0.391. The molecule has 5 nitrogen and oxygen atoms in total. The lowest BCUT2D eigenvalue weighted by Crippen LogP contribution is -2.34. The summed E-state index contributed by atoms with van der Waals surface area (Å²) in [6, 6.07) is 13.8. The summed E-state index contributed by atoms with van der Waals surface area (Å²) in [5, 5.41) is 8.78. The van der Waals surface area contributed by atoms with Gasteiger partial charge in [0.05, 0.1) is 10.7 Å². The van der Waals surface area contributed by atoms with E-state index in [1.54, 1.807) is 42.5 Å². The van der Waals surface area contributed by atoms with Crippen LogP contribution in [0.3, 0.4) is 0 Å². The van der Waals surface area contributed by atoms with Crippen LogP contribution in [0.5, 0.6) is 0 Å². The third-order valence-corrected chi connectivity index (χ3v) is 3.77. The summed E-state index contributed by atoms with van der Waals surface area (Å²) >= 11 is 11.3. The van der Waals surface area contributed by atoms with Gasteiger partial charge in [0.1, 0.15) is 0 Å². The smallest absolute Gasteiger partial charge is 0.257 e. The number of carbonyl (C=O) groups excluding carboxylic acids is 2. The van der Waals surface area contributed by atoms with Crippen LogP contribution < -0.4 is 16.0 Å². The molecule has 2 aromatic rings. The average Bonchev–Trinajstić information content (AvgIpc) is 2.58. The maximum Gasteiger partial charge on any atom is 0.257 e. The summed E-state index contributed by atoms with van der Waals surface area (Å²) in [7, 11) is 0. The Morgan fingerprint density at radius 2 is 1.80 bits per heavy atom. The zero-order valence-electron chi connectivity index (χ0n) is 13.6. The van der Waals surface area contributed by atoms with Gasteiger partial charge < -0.3 is 10.6 Å². The van der Waals surface area contributed by atoms with E-state index in [-0.39, 0.29) is 16.9 Å². The molecule has 0 aliphatic rings. The highest BCUT2D eigenvalue weighted by molar-refractivity contribution is 7.80. The maximum atomic E-state index is 12.1. The molecule has 0 heterocycles. The molecule has 130 valence electrons. The largest absolute Gasteiger partial charge is 0.331 e. The molecule has 3 N–H and O–H groups in total. The summed E-state index contributed by atoms with van der Waals surface area (Å²) in [6.45, 7) is 1.93. The third kappa shape index (κ3) is 5.85. The van der Waals surface area contributed by atoms with Crippen molar-refractivity contribution in [1.29, 1.82) is 0 Å². The van der Waals surface area contributed by atoms with Crippen molar-refractivity contribution in [2.75, 3.05) is 10.6 Å². The fourth-order valence-electron chi connectivity index (χ4n) is 2.07. The molecule has 0 fully saturated rings. The molecule has 0 spiro atoms. The molecular formula is C18H18ClN3O2S. The van der Waals surface area contributed by atoms with Crippen molar-refractivity contribution in [2.24, 2.45) is 0 Å². The van der Waals surface area contributed by atoms with Crippen LogP contribution in [-0.4, -0.2) is 16.9 Å². The maximum absolute atomic E-state index is 12.1. The van der Waals surface area contributed by atoms with E-state index in [1.165, 1.54) is 0 Å². The molecule has 2 rings (SSSR count). The molecule has 7 heteroatoms. The molecular weight excluding hydrogens is 358 g/mol. The van der Waals surface area contributed by atoms with E-state index in [4.69, 9.17) is 23.8 Å². The molecule has 0 saturated carbocycles. The van der Waals surface area contributed by atoms with Crippen molar-refractivity contribution in [3.05, 3.63) is 59.1 Å². The lowest BCUT2D eigenvalue weighted by Gasteiger charge is -2.13. The Labute approximate surface area is 156 Å². The highest BCUT2D eigenvalue weighted by Crippen LogP contribution is 2.25. The summed E-state index contributed by atoms with van der Waals surface area (Å²) in [5.41, 5.74) is 1.59. The predicted octanol–water partition coefficient (Wildman–Crippen LogP) is 4.21. The van der Waals surface area contributed by atoms with Gasteiger partial charge in [-0.3, -0.25) is 14.9 Å². The Morgan fingerprint density at radius 1 is 1.08 bits per heavy atom. The lowest BCUT2D eigenvalue weighted by atomic mass is 10.2. The van der Waals surface area contributed by atoms with E-state index in [9.17, 15) is 9.59 Å². The van der Waals surface area contributed by atoms with Crippen molar-refractivity contribution in [3.63, 3.8) is 0 Å². The van der Waals surface area contributed by atoms with Gasteiger partial charge >= 0.3 is 0 Å². The van der Waals surface area contributed by atoms with Crippen LogP contribution in [0.15, 0.2) is 48.5 Å². The third-order valence-electron chi connectivity index (χ3n) is 3.24. The number of halogens is 1. The van der Waals surface area contributed by atoms with Crippen molar-refractivity contribution in [2.45, 2.75) is 19.8 Å². The van der Waals surface area contributed by atoms with Gasteiger partial charge in [0.2, 0.25) is 5.91 Å². The number of anilines is 2. The number of hydrogen-bond acceptors (Lipinski definition) is 3. The van der Waals surface area contributed by atoms with Gasteiger partial charge in [0.25, 0.3) is 5.91 Å². The molecule has 2 amide bonds. The Morgan fingerprint density at radius 3 is 2.48 bits per heavy atom. The van der Waals surface area contributed by atoms with E-state index in [1.807, 2.05) is 13.0 Å². The molecule has 0 aromatic heterocycles. The van der Waals surface area contributed by atoms with Gasteiger partial charge in [-0.2, -0.15) is 0 Å². The number of hydrogen-bond donors (Lipinski definition) is 3. The topological polar surface area (TPSA) is 70.2 Å². The van der Waals surface area contributed by atoms with Crippen molar-refractivity contribution < 1.29 is 9.59 Å². The second-order valence-electron chi connectivity index (χ2n) is 5.27. The molecule has 0 bridgehead atoms. The van der Waals surface area contributed by atoms with Gasteiger partial charge in [0, 0.05) is 17.7 Å². The SMILES string of the molecule is CCCC(=O)Nc1ccc(Cl)c(NC(=S)NC(=O)c2ccccc2)c1. The Hall–Kier alpha value is -2.44. The van der Waals surface area contributed by atoms with Crippen LogP contribution in [0.25, 0.3) is 0 Å². The van der Waals surface area contributed by atoms with Crippen LogP contribution in [0, 0.1) is 0 Å². The molecule has 0 aliphatic carbocycles. The Kier molecular flexibility index (Phi) is 6.91. The highest BCUT2D eigenvalue weighted by Gasteiger charge is 2.10. The number of amides is 2. The zero-order chi connectivity index (χ0) is 18.2. The molecule has 0 saturated heterocycles. The van der Waals surface area contributed by atoms with Crippen LogP contribution in [0.2, 0.25) is 5.02 Å². The second-order valence-corrected chi connectivity index (χ2v) is 6.08. The number of nitrogens with one attached hydrogen (secondary N) is 3. The number of carbonyl (C=O) groups is 2. The van der Waals surface area contributed by atoms with E-state index in [2.05, 4.69) is 16.0 Å². The predicted molar refractivity (Wildman–Crippen MR) is 105 cm³/mol. The van der Waals surface area contributed by atoms with Gasteiger partial charge in [0.15, 0.2) is 5.11 Å². The highest BCUT2D eigenvalue weighted by atomic mass is 35.5. The van der Waals surface area contributed by atoms with Gasteiger partial charge in [-0.25, -0.2) is 0 Å². The van der Waals surface area contributed by atoms with Gasteiger partial charge in [-0.05, 0) is 49.0 Å². The molecule has 25 heavy (non-hydrogen) atoms. The summed E-state index contributed by atoms with van der Waals surface area (Å²) in [4.78, 5) is 23.8. The zero-order valence-corrected chi connectivity index (χ0v) is 15.2. The van der Waals surface area contributed by atoms with Gasteiger partial charge in [-0.1, -0.05) is 36.7 Å². The standard InChI is InChI=1S/C18H18ClN3O2S/c1-2-6-16(23)20-13-9-10-14(19)15(11-13)21-18(25)22-17(24)12-7-4-3-5-8-12/h3-5,7-11H,2,6H2,1H3,(H,20,23)(H2,21,22,24,25). The quantitative estimate of drug-likeness (QED) is 0.685. The van der Waals surface area contributed by atoms with Crippen LogP contribution in [-0.2, 0) is 4.79 Å². The molecule has 0 radical (unpaired) electrons. The van der Waals surface area contributed by atoms with Gasteiger partial charge in [-0.15, -0.1) is 0 Å². The fraction of sp³-hybridized carbons (Fsp3) is 0.167. The van der Waals surface area contributed by atoms with Crippen LogP contribution in [0.1, 0.15) is 30.1 Å². The first-order valence-electron chi connectivity index (χ1n) is 7.76. The Bertz CT molecular complexity index is 781. The fourth-order valence-corrected chi connectivity index (χ4v) is 2.44.